The molecular formula is C12H20N4O4. The van der Waals surface area contributed by atoms with Gasteiger partial charge < -0.3 is 15.3 Å². The average molecular weight is 284 g/mol. The quantitative estimate of drug-likeness (QED) is 0.536. The maximum Gasteiger partial charge on any atom is 0.304 e. The third kappa shape index (κ3) is 3.91. The highest BCUT2D eigenvalue weighted by Gasteiger charge is 2.29. The Hall–Kier alpha value is -1.67. The molecule has 112 valence electrons. The van der Waals surface area contributed by atoms with Gasteiger partial charge in [0.1, 0.15) is 6.04 Å². The number of rotatable bonds is 4. The van der Waals surface area contributed by atoms with Crippen molar-refractivity contribution < 1.29 is 19.5 Å². The van der Waals surface area contributed by atoms with Crippen molar-refractivity contribution in [1.82, 2.24) is 20.4 Å². The van der Waals surface area contributed by atoms with Crippen molar-refractivity contribution in [3.05, 3.63) is 0 Å². The number of carboxylic acids is 1. The van der Waals surface area contributed by atoms with Gasteiger partial charge in [-0.2, -0.15) is 0 Å². The van der Waals surface area contributed by atoms with Gasteiger partial charge in [-0.05, 0) is 0 Å². The summed E-state index contributed by atoms with van der Waals surface area (Å²) in [5.74, 6) is -0.888. The molecule has 0 aliphatic carbocycles. The van der Waals surface area contributed by atoms with Gasteiger partial charge in [0.05, 0.1) is 13.0 Å². The van der Waals surface area contributed by atoms with E-state index in [0.717, 1.165) is 0 Å². The molecule has 1 unspecified atom stereocenters. The van der Waals surface area contributed by atoms with Crippen molar-refractivity contribution in [2.75, 3.05) is 45.8 Å². The van der Waals surface area contributed by atoms with Gasteiger partial charge in [0.25, 0.3) is 0 Å². The standard InChI is InChI=1S/C12H20N4O4/c17-10-8-13-9(7-14-10)12(20)16-5-3-15(4-6-16)2-1-11(18)19/h9,13H,1-8H2,(H,14,17)(H,18,19). The van der Waals surface area contributed by atoms with Gasteiger partial charge in [0.15, 0.2) is 0 Å². The van der Waals surface area contributed by atoms with E-state index in [4.69, 9.17) is 5.11 Å². The molecule has 0 radical (unpaired) electrons. The van der Waals surface area contributed by atoms with E-state index in [-0.39, 0.29) is 30.8 Å². The molecule has 0 aromatic rings. The Bertz CT molecular complexity index is 383. The monoisotopic (exact) mass is 284 g/mol. The van der Waals surface area contributed by atoms with Crippen LogP contribution in [0.3, 0.4) is 0 Å². The molecule has 2 amide bonds. The summed E-state index contributed by atoms with van der Waals surface area (Å²) in [6.07, 6.45) is 0.129. The van der Waals surface area contributed by atoms with E-state index in [1.807, 2.05) is 4.90 Å². The lowest BCUT2D eigenvalue weighted by molar-refractivity contribution is -0.139. The van der Waals surface area contributed by atoms with Crippen LogP contribution in [0.2, 0.25) is 0 Å². The number of amides is 2. The van der Waals surface area contributed by atoms with Crippen molar-refractivity contribution in [2.24, 2.45) is 0 Å². The molecule has 8 nitrogen and oxygen atoms in total. The number of piperazine rings is 2. The van der Waals surface area contributed by atoms with Crippen LogP contribution in [-0.2, 0) is 14.4 Å². The maximum atomic E-state index is 12.2. The second-order valence-corrected chi connectivity index (χ2v) is 5.05. The van der Waals surface area contributed by atoms with E-state index in [1.165, 1.54) is 0 Å². The van der Waals surface area contributed by atoms with Crippen LogP contribution in [-0.4, -0.2) is 84.5 Å². The summed E-state index contributed by atoms with van der Waals surface area (Å²) in [5, 5.41) is 14.2. The van der Waals surface area contributed by atoms with Crippen LogP contribution < -0.4 is 10.6 Å². The van der Waals surface area contributed by atoms with Crippen molar-refractivity contribution in [3.63, 3.8) is 0 Å². The summed E-state index contributed by atoms with van der Waals surface area (Å²) >= 11 is 0. The Labute approximate surface area is 117 Å². The molecule has 2 heterocycles. The fraction of sp³-hybridized carbons (Fsp3) is 0.750. The summed E-state index contributed by atoms with van der Waals surface area (Å²) in [5.41, 5.74) is 0. The van der Waals surface area contributed by atoms with Gasteiger partial charge in [-0.1, -0.05) is 0 Å². The molecule has 2 fully saturated rings. The minimum absolute atomic E-state index is 0.00267. The first-order chi connectivity index (χ1) is 9.56. The first-order valence-electron chi connectivity index (χ1n) is 6.79. The number of carbonyl (C=O) groups excluding carboxylic acids is 2. The predicted octanol–water partition coefficient (Wildman–Crippen LogP) is -2.31. The minimum Gasteiger partial charge on any atom is -0.481 e. The fourth-order valence-corrected chi connectivity index (χ4v) is 2.41. The molecule has 2 aliphatic rings. The Balaban J connectivity index is 1.74. The molecule has 0 saturated carbocycles. The molecule has 2 saturated heterocycles. The summed E-state index contributed by atoms with van der Waals surface area (Å²) in [7, 11) is 0. The summed E-state index contributed by atoms with van der Waals surface area (Å²) in [6.45, 7) is 3.62. The molecule has 1 atom stereocenters. The maximum absolute atomic E-state index is 12.2. The number of carbonyl (C=O) groups is 3. The number of hydrogen-bond donors (Lipinski definition) is 3. The van der Waals surface area contributed by atoms with Crippen molar-refractivity contribution in [3.8, 4) is 0 Å². The van der Waals surface area contributed by atoms with E-state index in [2.05, 4.69) is 10.6 Å². The fourth-order valence-electron chi connectivity index (χ4n) is 2.41. The van der Waals surface area contributed by atoms with Gasteiger partial charge >= 0.3 is 5.97 Å². The first-order valence-corrected chi connectivity index (χ1v) is 6.79. The smallest absolute Gasteiger partial charge is 0.304 e. The van der Waals surface area contributed by atoms with E-state index >= 15 is 0 Å². The van der Waals surface area contributed by atoms with E-state index in [9.17, 15) is 14.4 Å². The van der Waals surface area contributed by atoms with Crippen LogP contribution in [0.25, 0.3) is 0 Å². The molecule has 8 heteroatoms. The zero-order chi connectivity index (χ0) is 14.5. The van der Waals surface area contributed by atoms with Gasteiger partial charge in [-0.3, -0.25) is 24.6 Å². The minimum atomic E-state index is -0.800. The topological polar surface area (TPSA) is 102 Å². The van der Waals surface area contributed by atoms with Crippen molar-refractivity contribution >= 4 is 17.8 Å². The van der Waals surface area contributed by atoms with Crippen LogP contribution in [0, 0.1) is 0 Å². The summed E-state index contributed by atoms with van der Waals surface area (Å²) in [4.78, 5) is 37.6. The normalized spacial score (nSPS) is 24.3. The summed E-state index contributed by atoms with van der Waals surface area (Å²) in [6, 6.07) is -0.349. The largest absolute Gasteiger partial charge is 0.481 e. The molecule has 0 spiro atoms. The lowest BCUT2D eigenvalue weighted by Crippen LogP contribution is -2.61. The van der Waals surface area contributed by atoms with Crippen LogP contribution in [0.15, 0.2) is 0 Å². The molecule has 2 rings (SSSR count). The van der Waals surface area contributed by atoms with Crippen LogP contribution >= 0.6 is 0 Å². The first kappa shape index (κ1) is 14.7. The van der Waals surface area contributed by atoms with Gasteiger partial charge in [0.2, 0.25) is 11.8 Å². The molecule has 2 aliphatic heterocycles. The Morgan fingerprint density at radius 1 is 1.25 bits per heavy atom. The second kappa shape index (κ2) is 6.67. The summed E-state index contributed by atoms with van der Waals surface area (Å²) < 4.78 is 0. The van der Waals surface area contributed by atoms with Gasteiger partial charge in [0, 0.05) is 39.3 Å². The van der Waals surface area contributed by atoms with Crippen molar-refractivity contribution in [1.29, 1.82) is 0 Å². The highest BCUT2D eigenvalue weighted by atomic mass is 16.4. The predicted molar refractivity (Wildman–Crippen MR) is 70.1 cm³/mol. The third-order valence-corrected chi connectivity index (χ3v) is 3.64. The SMILES string of the molecule is O=C(O)CCN1CCN(C(=O)C2CNC(=O)CN2)CC1. The number of nitrogens with one attached hydrogen (secondary N) is 2. The number of aliphatic carboxylic acids is 1. The second-order valence-electron chi connectivity index (χ2n) is 5.05. The lowest BCUT2D eigenvalue weighted by Gasteiger charge is -2.37. The zero-order valence-electron chi connectivity index (χ0n) is 11.3. The Morgan fingerprint density at radius 2 is 1.95 bits per heavy atom. The number of hydrogen-bond acceptors (Lipinski definition) is 5. The molecule has 0 aromatic carbocycles. The molecule has 3 N–H and O–H groups in total. The van der Waals surface area contributed by atoms with E-state index < -0.39 is 5.97 Å². The molecule has 0 bridgehead atoms. The highest BCUT2D eigenvalue weighted by Crippen LogP contribution is 2.05. The highest BCUT2D eigenvalue weighted by molar-refractivity contribution is 5.86. The zero-order valence-corrected chi connectivity index (χ0v) is 11.3. The van der Waals surface area contributed by atoms with Gasteiger partial charge in [-0.15, -0.1) is 0 Å². The average Bonchev–Trinajstić information content (AvgIpc) is 2.46. The van der Waals surface area contributed by atoms with Crippen molar-refractivity contribution in [2.45, 2.75) is 12.5 Å². The molecule has 0 aromatic heterocycles. The Morgan fingerprint density at radius 3 is 2.50 bits per heavy atom. The molecular weight excluding hydrogens is 264 g/mol. The third-order valence-electron chi connectivity index (χ3n) is 3.64. The Kier molecular flexibility index (Phi) is 4.91. The molecule has 20 heavy (non-hydrogen) atoms. The number of nitrogens with zero attached hydrogens (tertiary/aromatic N) is 2. The van der Waals surface area contributed by atoms with E-state index in [0.29, 0.717) is 39.3 Å². The van der Waals surface area contributed by atoms with E-state index in [1.54, 1.807) is 4.90 Å². The number of carboxylic acid groups (broad SMARTS) is 1. The van der Waals surface area contributed by atoms with Gasteiger partial charge in [-0.25, -0.2) is 0 Å². The van der Waals surface area contributed by atoms with Crippen LogP contribution in [0.5, 0.6) is 0 Å². The van der Waals surface area contributed by atoms with Crippen LogP contribution in [0.4, 0.5) is 0 Å². The van der Waals surface area contributed by atoms with Crippen LogP contribution in [0.1, 0.15) is 6.42 Å². The lowest BCUT2D eigenvalue weighted by atomic mass is 10.2.